The Kier molecular flexibility index (Phi) is 25.1. The van der Waals surface area contributed by atoms with Crippen molar-refractivity contribution in [3.05, 3.63) is 0 Å². The van der Waals surface area contributed by atoms with Crippen LogP contribution in [0.2, 0.25) is 0 Å². The topological polar surface area (TPSA) is 54.0 Å². The molecule has 31 heavy (non-hydrogen) atoms. The predicted molar refractivity (Wildman–Crippen MR) is 129 cm³/mol. The van der Waals surface area contributed by atoms with Gasteiger partial charge in [0.05, 0.1) is 33.0 Å². The monoisotopic (exact) mass is 444 g/mol. The van der Waals surface area contributed by atoms with Crippen LogP contribution in [0.4, 0.5) is 0 Å². The molecule has 0 saturated heterocycles. The Bertz CT molecular complexity index is 360. The molecule has 186 valence electrons. The lowest BCUT2D eigenvalue weighted by molar-refractivity contribution is -0.144. The summed E-state index contributed by atoms with van der Waals surface area (Å²) in [7, 11) is 0. The van der Waals surface area contributed by atoms with Gasteiger partial charge < -0.3 is 18.9 Å². The lowest BCUT2D eigenvalue weighted by Gasteiger charge is -2.08. The zero-order valence-electron chi connectivity index (χ0n) is 21.0. The number of hydrogen-bond acceptors (Lipinski definition) is 5. The standard InChI is InChI=1S/C26H52O5/c1-4-5-6-7-8-9-10-11-12-13-14-15-19-31-26(27)17-16-18-28-20-21-29-22-23-30-24-25(2)3/h25H,4-24H2,1-3H3. The van der Waals surface area contributed by atoms with Crippen LogP contribution in [0.5, 0.6) is 0 Å². The van der Waals surface area contributed by atoms with E-state index in [1.807, 2.05) is 0 Å². The Balaban J connectivity index is 3.15. The molecule has 5 heteroatoms. The minimum Gasteiger partial charge on any atom is -0.466 e. The van der Waals surface area contributed by atoms with Crippen molar-refractivity contribution in [1.29, 1.82) is 0 Å². The molecule has 0 heterocycles. The summed E-state index contributed by atoms with van der Waals surface area (Å²) in [5.41, 5.74) is 0. The van der Waals surface area contributed by atoms with Crippen LogP contribution in [0.1, 0.15) is 111 Å². The third-order valence-corrected chi connectivity index (χ3v) is 5.13. The van der Waals surface area contributed by atoms with Gasteiger partial charge in [-0.1, -0.05) is 91.4 Å². The highest BCUT2D eigenvalue weighted by Crippen LogP contribution is 2.12. The summed E-state index contributed by atoms with van der Waals surface area (Å²) in [4.78, 5) is 11.7. The van der Waals surface area contributed by atoms with Crippen LogP contribution in [-0.2, 0) is 23.7 Å². The third kappa shape index (κ3) is 27.3. The van der Waals surface area contributed by atoms with Gasteiger partial charge in [0.25, 0.3) is 0 Å². The minimum absolute atomic E-state index is 0.106. The highest BCUT2D eigenvalue weighted by molar-refractivity contribution is 5.69. The maximum Gasteiger partial charge on any atom is 0.305 e. The molecule has 0 aromatic rings. The van der Waals surface area contributed by atoms with Gasteiger partial charge in [0.1, 0.15) is 0 Å². The van der Waals surface area contributed by atoms with Gasteiger partial charge in [-0.3, -0.25) is 4.79 Å². The van der Waals surface area contributed by atoms with Crippen molar-refractivity contribution in [2.75, 3.05) is 46.2 Å². The third-order valence-electron chi connectivity index (χ3n) is 5.13. The van der Waals surface area contributed by atoms with Crippen molar-refractivity contribution in [3.8, 4) is 0 Å². The Hall–Kier alpha value is -0.650. The normalized spacial score (nSPS) is 11.4. The lowest BCUT2D eigenvalue weighted by atomic mass is 10.1. The first-order chi connectivity index (χ1) is 15.2. The maximum absolute atomic E-state index is 11.7. The first-order valence-electron chi connectivity index (χ1n) is 13.1. The number of unbranched alkanes of at least 4 members (excludes halogenated alkanes) is 11. The second-order valence-corrected chi connectivity index (χ2v) is 8.91. The van der Waals surface area contributed by atoms with E-state index in [1.165, 1.54) is 64.2 Å². The van der Waals surface area contributed by atoms with Crippen LogP contribution in [0.15, 0.2) is 0 Å². The van der Waals surface area contributed by atoms with E-state index in [-0.39, 0.29) is 5.97 Å². The molecule has 0 unspecified atom stereocenters. The van der Waals surface area contributed by atoms with E-state index < -0.39 is 0 Å². The Morgan fingerprint density at radius 3 is 1.61 bits per heavy atom. The molecule has 0 amide bonds. The van der Waals surface area contributed by atoms with Gasteiger partial charge in [-0.25, -0.2) is 0 Å². The maximum atomic E-state index is 11.7. The molecule has 0 atom stereocenters. The van der Waals surface area contributed by atoms with Crippen LogP contribution < -0.4 is 0 Å². The van der Waals surface area contributed by atoms with Crippen LogP contribution in [0, 0.1) is 5.92 Å². The molecule has 0 aromatic heterocycles. The minimum atomic E-state index is -0.106. The SMILES string of the molecule is CCCCCCCCCCCCCCOC(=O)CCCOCCOCCOCC(C)C. The van der Waals surface area contributed by atoms with E-state index in [9.17, 15) is 4.79 Å². The Labute approximate surface area is 192 Å². The average Bonchev–Trinajstić information content (AvgIpc) is 2.75. The number of rotatable bonds is 25. The zero-order valence-corrected chi connectivity index (χ0v) is 21.0. The van der Waals surface area contributed by atoms with Crippen molar-refractivity contribution in [2.24, 2.45) is 5.92 Å². The smallest absolute Gasteiger partial charge is 0.305 e. The Morgan fingerprint density at radius 2 is 1.06 bits per heavy atom. The molecule has 0 aliphatic rings. The number of ether oxygens (including phenoxy) is 4. The summed E-state index contributed by atoms with van der Waals surface area (Å²) >= 11 is 0. The van der Waals surface area contributed by atoms with Gasteiger partial charge in [0.15, 0.2) is 0 Å². The summed E-state index contributed by atoms with van der Waals surface area (Å²) in [6.45, 7) is 10.8. The van der Waals surface area contributed by atoms with E-state index in [2.05, 4.69) is 20.8 Å². The van der Waals surface area contributed by atoms with E-state index in [0.29, 0.717) is 58.4 Å². The fraction of sp³-hybridized carbons (Fsp3) is 0.962. The van der Waals surface area contributed by atoms with Gasteiger partial charge in [0, 0.05) is 19.6 Å². The summed E-state index contributed by atoms with van der Waals surface area (Å²) in [6.07, 6.45) is 16.9. The fourth-order valence-corrected chi connectivity index (χ4v) is 3.28. The molecule has 0 N–H and O–H groups in total. The van der Waals surface area contributed by atoms with Crippen molar-refractivity contribution in [2.45, 2.75) is 111 Å². The first kappa shape index (κ1) is 30.4. The molecule has 0 saturated carbocycles. The average molecular weight is 445 g/mol. The van der Waals surface area contributed by atoms with Gasteiger partial charge >= 0.3 is 5.97 Å². The van der Waals surface area contributed by atoms with Gasteiger partial charge in [-0.15, -0.1) is 0 Å². The number of hydrogen-bond donors (Lipinski definition) is 0. The highest BCUT2D eigenvalue weighted by Gasteiger charge is 2.03. The summed E-state index contributed by atoms with van der Waals surface area (Å²) in [6, 6.07) is 0. The molecule has 0 bridgehead atoms. The summed E-state index contributed by atoms with van der Waals surface area (Å²) in [5, 5.41) is 0. The lowest BCUT2D eigenvalue weighted by Crippen LogP contribution is -2.12. The first-order valence-corrected chi connectivity index (χ1v) is 13.1. The molecule has 0 rings (SSSR count). The van der Waals surface area contributed by atoms with Crippen LogP contribution in [0.3, 0.4) is 0 Å². The van der Waals surface area contributed by atoms with Crippen molar-refractivity contribution in [1.82, 2.24) is 0 Å². The molecule has 0 fully saturated rings. The van der Waals surface area contributed by atoms with E-state index in [4.69, 9.17) is 18.9 Å². The van der Waals surface area contributed by atoms with Crippen molar-refractivity contribution in [3.63, 3.8) is 0 Å². The van der Waals surface area contributed by atoms with Gasteiger partial charge in [-0.05, 0) is 18.8 Å². The van der Waals surface area contributed by atoms with E-state index >= 15 is 0 Å². The van der Waals surface area contributed by atoms with Crippen molar-refractivity contribution >= 4 is 5.97 Å². The second kappa shape index (κ2) is 25.6. The highest BCUT2D eigenvalue weighted by atomic mass is 16.5. The number of carbonyl (C=O) groups excluding carboxylic acids is 1. The van der Waals surface area contributed by atoms with Crippen LogP contribution >= 0.6 is 0 Å². The summed E-state index contributed by atoms with van der Waals surface area (Å²) < 4.78 is 21.6. The van der Waals surface area contributed by atoms with Crippen LogP contribution in [-0.4, -0.2) is 52.2 Å². The number of esters is 1. The molecular weight excluding hydrogens is 392 g/mol. The van der Waals surface area contributed by atoms with Crippen LogP contribution in [0.25, 0.3) is 0 Å². The quantitative estimate of drug-likeness (QED) is 0.116. The van der Waals surface area contributed by atoms with E-state index in [1.54, 1.807) is 0 Å². The number of carbonyl (C=O) groups is 1. The molecule has 0 radical (unpaired) electrons. The zero-order chi connectivity index (χ0) is 22.8. The molecule has 0 spiro atoms. The largest absolute Gasteiger partial charge is 0.466 e. The fourth-order valence-electron chi connectivity index (χ4n) is 3.28. The van der Waals surface area contributed by atoms with Gasteiger partial charge in [0.2, 0.25) is 0 Å². The molecule has 0 aromatic carbocycles. The molecule has 0 aliphatic carbocycles. The Morgan fingerprint density at radius 1 is 0.581 bits per heavy atom. The van der Waals surface area contributed by atoms with E-state index in [0.717, 1.165) is 19.4 Å². The molecular formula is C26H52O5. The van der Waals surface area contributed by atoms with Gasteiger partial charge in [-0.2, -0.15) is 0 Å². The summed E-state index contributed by atoms with van der Waals surface area (Å²) in [5.74, 6) is 0.449. The second-order valence-electron chi connectivity index (χ2n) is 8.91. The van der Waals surface area contributed by atoms with Crippen molar-refractivity contribution < 1.29 is 23.7 Å². The predicted octanol–water partition coefficient (Wildman–Crippen LogP) is 6.72. The molecule has 5 nitrogen and oxygen atoms in total. The molecule has 0 aliphatic heterocycles.